The number of benzene rings is 2. The van der Waals surface area contributed by atoms with E-state index in [1.807, 2.05) is 0 Å². The Bertz CT molecular complexity index is 1020. The van der Waals surface area contributed by atoms with E-state index >= 15 is 0 Å². The summed E-state index contributed by atoms with van der Waals surface area (Å²) in [5.41, 5.74) is 6.88. The lowest BCUT2D eigenvalue weighted by Gasteiger charge is -2.26. The van der Waals surface area contributed by atoms with Gasteiger partial charge in [-0.15, -0.1) is 24.8 Å². The van der Waals surface area contributed by atoms with E-state index in [-0.39, 0.29) is 36.3 Å². The number of nitrogens with zero attached hydrogens (tertiary/aromatic N) is 1. The molecule has 1 aliphatic rings. The number of hydrogen-bond donors (Lipinski definition) is 4. The Labute approximate surface area is 220 Å². The van der Waals surface area contributed by atoms with Crippen molar-refractivity contribution in [3.8, 4) is 11.1 Å². The maximum Gasteiger partial charge on any atom is 0.257 e. The third kappa shape index (κ3) is 8.61. The van der Waals surface area contributed by atoms with Crippen LogP contribution < -0.4 is 16.4 Å². The van der Waals surface area contributed by atoms with Gasteiger partial charge in [0.25, 0.3) is 11.8 Å². The van der Waals surface area contributed by atoms with E-state index in [2.05, 4.69) is 15.5 Å². The smallest absolute Gasteiger partial charge is 0.257 e. The highest BCUT2D eigenvalue weighted by atomic mass is 35.5. The molecular weight excluding hydrogens is 524 g/mol. The van der Waals surface area contributed by atoms with Crippen molar-refractivity contribution in [1.82, 2.24) is 15.5 Å². The zero-order valence-corrected chi connectivity index (χ0v) is 21.4. The molecule has 1 aliphatic heterocycles. The number of carbonyl (C=O) groups excluding carboxylic acids is 2. The van der Waals surface area contributed by atoms with Crippen LogP contribution >= 0.6 is 48.0 Å². The molecule has 0 spiro atoms. The molecule has 8 nitrogen and oxygen atoms in total. The number of rotatable bonds is 7. The number of nitrogens with one attached hydrogen (secondary N) is 3. The predicted octanol–water partition coefficient (Wildman–Crippen LogP) is 3.58. The second-order valence-electron chi connectivity index (χ2n) is 7.35. The molecule has 2 aromatic carbocycles. The van der Waals surface area contributed by atoms with Gasteiger partial charge in [-0.25, -0.2) is 0 Å². The highest BCUT2D eigenvalue weighted by Gasteiger charge is 2.16. The maximum atomic E-state index is 12.8. The summed E-state index contributed by atoms with van der Waals surface area (Å²) >= 11 is 12.4. The Kier molecular flexibility index (Phi) is 12.7. The van der Waals surface area contributed by atoms with Crippen LogP contribution in [0.25, 0.3) is 11.1 Å². The molecule has 0 unspecified atom stereocenters. The molecular formula is C22H27Cl4N5O3. The van der Waals surface area contributed by atoms with Crippen molar-refractivity contribution in [3.05, 3.63) is 57.6 Å². The summed E-state index contributed by atoms with van der Waals surface area (Å²) < 4.78 is 5.34. The van der Waals surface area contributed by atoms with Gasteiger partial charge in [0.15, 0.2) is 5.96 Å². The quantitative estimate of drug-likeness (QED) is 0.238. The maximum absolute atomic E-state index is 12.8. The van der Waals surface area contributed by atoms with Gasteiger partial charge in [-0.2, -0.15) is 0 Å². The zero-order chi connectivity index (χ0) is 23.1. The Morgan fingerprint density at radius 3 is 2.32 bits per heavy atom. The third-order valence-electron chi connectivity index (χ3n) is 4.99. The molecule has 1 saturated heterocycles. The SMILES string of the molecule is Cl.Cl.N=C(N)NC(=O)c1cc(C(=O)NCCCN2CCOCC2)cc(-c2cc(Cl)ccc2Cl)c1. The van der Waals surface area contributed by atoms with Gasteiger partial charge in [-0.3, -0.25) is 25.2 Å². The van der Waals surface area contributed by atoms with Gasteiger partial charge in [-0.1, -0.05) is 23.2 Å². The molecule has 0 radical (unpaired) electrons. The van der Waals surface area contributed by atoms with E-state index in [0.29, 0.717) is 33.3 Å². The fourth-order valence-electron chi connectivity index (χ4n) is 3.39. The lowest BCUT2D eigenvalue weighted by Crippen LogP contribution is -2.38. The number of ether oxygens (including phenoxy) is 1. The summed E-state index contributed by atoms with van der Waals surface area (Å²) in [5.74, 6) is -1.40. The van der Waals surface area contributed by atoms with Crippen LogP contribution in [0.2, 0.25) is 10.0 Å². The first-order valence-electron chi connectivity index (χ1n) is 10.2. The van der Waals surface area contributed by atoms with Crippen LogP contribution in [0.15, 0.2) is 36.4 Å². The number of hydrogen-bond acceptors (Lipinski definition) is 5. The van der Waals surface area contributed by atoms with Crippen LogP contribution in [0.1, 0.15) is 27.1 Å². The van der Waals surface area contributed by atoms with Gasteiger partial charge in [0, 0.05) is 46.4 Å². The van der Waals surface area contributed by atoms with Crippen molar-refractivity contribution >= 4 is 65.8 Å². The number of carbonyl (C=O) groups is 2. The topological polar surface area (TPSA) is 121 Å². The minimum atomic E-state index is -0.598. The van der Waals surface area contributed by atoms with E-state index in [4.69, 9.17) is 39.1 Å². The first-order chi connectivity index (χ1) is 15.3. The van der Waals surface area contributed by atoms with E-state index in [1.54, 1.807) is 30.3 Å². The van der Waals surface area contributed by atoms with Crippen molar-refractivity contribution in [2.75, 3.05) is 39.4 Å². The molecule has 0 saturated carbocycles. The number of amides is 2. The lowest BCUT2D eigenvalue weighted by molar-refractivity contribution is 0.0374. The summed E-state index contributed by atoms with van der Waals surface area (Å²) in [7, 11) is 0. The van der Waals surface area contributed by atoms with Gasteiger partial charge in [0.2, 0.25) is 0 Å². The molecule has 0 atom stereocenters. The molecule has 0 aliphatic carbocycles. The van der Waals surface area contributed by atoms with Crippen LogP contribution in [0.5, 0.6) is 0 Å². The fraction of sp³-hybridized carbons (Fsp3) is 0.318. The molecule has 3 rings (SSSR count). The van der Waals surface area contributed by atoms with E-state index < -0.39 is 11.9 Å². The standard InChI is InChI=1S/C22H25Cl2N5O3.2ClH/c23-17-2-3-19(24)18(13-17)14-10-15(12-16(11-14)21(31)28-22(25)26)20(30)27-4-1-5-29-6-8-32-9-7-29;;/h2-3,10-13H,1,4-9H2,(H,27,30)(H4,25,26,28,31);2*1H. The molecule has 1 heterocycles. The number of halogens is 4. The summed E-state index contributed by atoms with van der Waals surface area (Å²) in [6, 6.07) is 9.65. The molecule has 0 aromatic heterocycles. The zero-order valence-electron chi connectivity index (χ0n) is 18.2. The molecule has 0 bridgehead atoms. The van der Waals surface area contributed by atoms with E-state index in [1.165, 1.54) is 6.07 Å². The first kappa shape index (κ1) is 30.0. The minimum absolute atomic E-state index is 0. The second-order valence-corrected chi connectivity index (χ2v) is 8.20. The molecule has 12 heteroatoms. The molecule has 186 valence electrons. The van der Waals surface area contributed by atoms with Crippen molar-refractivity contribution < 1.29 is 14.3 Å². The second kappa shape index (κ2) is 14.4. The predicted molar refractivity (Wildman–Crippen MR) is 140 cm³/mol. The van der Waals surface area contributed by atoms with E-state index in [0.717, 1.165) is 39.3 Å². The highest BCUT2D eigenvalue weighted by molar-refractivity contribution is 6.35. The average molecular weight is 551 g/mol. The van der Waals surface area contributed by atoms with Gasteiger partial charge < -0.3 is 15.8 Å². The summed E-state index contributed by atoms with van der Waals surface area (Å²) in [6.45, 7) is 4.62. The molecule has 2 amide bonds. The number of morpholine rings is 1. The largest absolute Gasteiger partial charge is 0.379 e. The van der Waals surface area contributed by atoms with Gasteiger partial charge in [0.05, 0.1) is 13.2 Å². The molecule has 1 fully saturated rings. The third-order valence-corrected chi connectivity index (χ3v) is 5.55. The van der Waals surface area contributed by atoms with Crippen molar-refractivity contribution in [2.45, 2.75) is 6.42 Å². The average Bonchev–Trinajstić information content (AvgIpc) is 2.78. The Balaban J connectivity index is 0.00000289. The van der Waals surface area contributed by atoms with Crippen molar-refractivity contribution in [1.29, 1.82) is 5.41 Å². The number of nitrogens with two attached hydrogens (primary N) is 1. The van der Waals surface area contributed by atoms with Crippen molar-refractivity contribution in [3.63, 3.8) is 0 Å². The van der Waals surface area contributed by atoms with Crippen LogP contribution in [0.4, 0.5) is 0 Å². The van der Waals surface area contributed by atoms with Gasteiger partial charge >= 0.3 is 0 Å². The van der Waals surface area contributed by atoms with E-state index in [9.17, 15) is 9.59 Å². The minimum Gasteiger partial charge on any atom is -0.379 e. The first-order valence-corrected chi connectivity index (χ1v) is 10.9. The summed E-state index contributed by atoms with van der Waals surface area (Å²) in [5, 5.41) is 13.3. The molecule has 2 aromatic rings. The fourth-order valence-corrected chi connectivity index (χ4v) is 3.79. The van der Waals surface area contributed by atoms with Crippen LogP contribution in [0, 0.1) is 5.41 Å². The molecule has 5 N–H and O–H groups in total. The van der Waals surface area contributed by atoms with Crippen molar-refractivity contribution in [2.24, 2.45) is 5.73 Å². The monoisotopic (exact) mass is 549 g/mol. The Morgan fingerprint density at radius 1 is 1.03 bits per heavy atom. The van der Waals surface area contributed by atoms with Crippen LogP contribution in [-0.2, 0) is 4.74 Å². The Morgan fingerprint density at radius 2 is 1.68 bits per heavy atom. The van der Waals surface area contributed by atoms with Gasteiger partial charge in [-0.05, 0) is 54.9 Å². The lowest BCUT2D eigenvalue weighted by atomic mass is 9.98. The molecule has 34 heavy (non-hydrogen) atoms. The number of guanidine groups is 1. The van der Waals surface area contributed by atoms with Crippen LogP contribution in [-0.4, -0.2) is 62.1 Å². The Hall–Kier alpha value is -2.07. The van der Waals surface area contributed by atoms with Gasteiger partial charge in [0.1, 0.15) is 0 Å². The summed E-state index contributed by atoms with van der Waals surface area (Å²) in [4.78, 5) is 27.6. The normalized spacial score (nSPS) is 13.2. The highest BCUT2D eigenvalue weighted by Crippen LogP contribution is 2.32. The summed E-state index contributed by atoms with van der Waals surface area (Å²) in [6.07, 6.45) is 0.795. The van der Waals surface area contributed by atoms with Crippen LogP contribution in [0.3, 0.4) is 0 Å².